The van der Waals surface area contributed by atoms with E-state index >= 15 is 0 Å². The molecule has 0 aliphatic heterocycles. The predicted octanol–water partition coefficient (Wildman–Crippen LogP) is 2.84. The van der Waals surface area contributed by atoms with Gasteiger partial charge < -0.3 is 9.84 Å². The van der Waals surface area contributed by atoms with Crippen LogP contribution in [0.4, 0.5) is 0 Å². The third-order valence-corrected chi connectivity index (χ3v) is 5.22. The molecule has 0 fully saturated rings. The highest BCUT2D eigenvalue weighted by Gasteiger charge is 2.15. The van der Waals surface area contributed by atoms with Crippen LogP contribution in [0.3, 0.4) is 0 Å². The number of aliphatic hydroxyl groups excluding tert-OH is 1. The minimum atomic E-state index is -3.50. The predicted molar refractivity (Wildman–Crippen MR) is 104 cm³/mol. The monoisotopic (exact) mass is 377 g/mol. The molecule has 26 heavy (non-hydrogen) atoms. The van der Waals surface area contributed by atoms with Crippen LogP contribution >= 0.6 is 0 Å². The smallest absolute Gasteiger partial charge is 0.215 e. The zero-order valence-electron chi connectivity index (χ0n) is 15.5. The molecular weight excluding hydrogens is 350 g/mol. The Bertz CT molecular complexity index is 781. The number of aliphatic hydroxyl groups is 1. The van der Waals surface area contributed by atoms with Gasteiger partial charge >= 0.3 is 0 Å². The van der Waals surface area contributed by atoms with E-state index < -0.39 is 16.1 Å². The van der Waals surface area contributed by atoms with Gasteiger partial charge in [-0.2, -0.15) is 0 Å². The number of sulfonamides is 1. The van der Waals surface area contributed by atoms with Gasteiger partial charge in [-0.05, 0) is 28.7 Å². The lowest BCUT2D eigenvalue weighted by Crippen LogP contribution is -2.35. The molecule has 0 saturated carbocycles. The lowest BCUT2D eigenvalue weighted by atomic mass is 9.87. The van der Waals surface area contributed by atoms with E-state index in [0.29, 0.717) is 11.3 Å². The van der Waals surface area contributed by atoms with Crippen LogP contribution < -0.4 is 9.46 Å². The molecule has 0 heterocycles. The molecule has 0 bridgehead atoms. The number of hydrogen-bond acceptors (Lipinski definition) is 4. The van der Waals surface area contributed by atoms with Gasteiger partial charge in [0.15, 0.2) is 0 Å². The van der Waals surface area contributed by atoms with Crippen molar-refractivity contribution in [3.05, 3.63) is 65.7 Å². The molecule has 1 atom stereocenters. The second kappa shape index (κ2) is 8.66. The standard InChI is InChI=1S/C20H27NO4S/c1-20(2,3)17-9-11-19(12-10-17)25-14-18(22)13-21-26(23,24)15-16-7-5-4-6-8-16/h4-12,18,21-22H,13-15H2,1-3H3. The Labute approximate surface area is 156 Å². The second-order valence-corrected chi connectivity index (χ2v) is 9.14. The molecule has 2 N–H and O–H groups in total. The van der Waals surface area contributed by atoms with Gasteiger partial charge in [0.1, 0.15) is 18.5 Å². The summed E-state index contributed by atoms with van der Waals surface area (Å²) in [6.07, 6.45) is -0.928. The number of hydrogen-bond donors (Lipinski definition) is 2. The Morgan fingerprint density at radius 1 is 1.04 bits per heavy atom. The molecule has 6 heteroatoms. The van der Waals surface area contributed by atoms with Crippen LogP contribution in [-0.2, 0) is 21.2 Å². The van der Waals surface area contributed by atoms with Gasteiger partial charge in [0.25, 0.3) is 0 Å². The summed E-state index contributed by atoms with van der Waals surface area (Å²) in [7, 11) is -3.50. The maximum atomic E-state index is 12.0. The van der Waals surface area contributed by atoms with Crippen molar-refractivity contribution in [1.82, 2.24) is 4.72 Å². The molecule has 0 aliphatic rings. The fourth-order valence-corrected chi connectivity index (χ4v) is 3.55. The van der Waals surface area contributed by atoms with E-state index in [1.807, 2.05) is 30.3 Å². The Kier molecular flexibility index (Phi) is 6.81. The lowest BCUT2D eigenvalue weighted by molar-refractivity contribution is 0.111. The molecule has 2 rings (SSSR count). The highest BCUT2D eigenvalue weighted by Crippen LogP contribution is 2.24. The summed E-state index contributed by atoms with van der Waals surface area (Å²) in [6.45, 7) is 6.33. The van der Waals surface area contributed by atoms with Crippen LogP contribution in [0.25, 0.3) is 0 Å². The van der Waals surface area contributed by atoms with Gasteiger partial charge in [0.2, 0.25) is 10.0 Å². The molecule has 0 saturated heterocycles. The maximum absolute atomic E-state index is 12.0. The molecule has 2 aromatic rings. The van der Waals surface area contributed by atoms with E-state index in [1.54, 1.807) is 24.3 Å². The first-order valence-corrected chi connectivity index (χ1v) is 10.2. The van der Waals surface area contributed by atoms with Crippen molar-refractivity contribution in [2.75, 3.05) is 13.2 Å². The molecular formula is C20H27NO4S. The fourth-order valence-electron chi connectivity index (χ4n) is 2.37. The van der Waals surface area contributed by atoms with Crippen molar-refractivity contribution < 1.29 is 18.3 Å². The first kappa shape index (κ1) is 20.4. The summed E-state index contributed by atoms with van der Waals surface area (Å²) in [5.41, 5.74) is 1.96. The largest absolute Gasteiger partial charge is 0.491 e. The summed E-state index contributed by atoms with van der Waals surface area (Å²) >= 11 is 0. The first-order valence-electron chi connectivity index (χ1n) is 8.58. The third kappa shape index (κ3) is 6.78. The van der Waals surface area contributed by atoms with E-state index in [1.165, 1.54) is 5.56 Å². The fraction of sp³-hybridized carbons (Fsp3) is 0.400. The minimum Gasteiger partial charge on any atom is -0.491 e. The Morgan fingerprint density at radius 2 is 1.65 bits per heavy atom. The highest BCUT2D eigenvalue weighted by atomic mass is 32.2. The van der Waals surface area contributed by atoms with Gasteiger partial charge in [-0.25, -0.2) is 13.1 Å². The highest BCUT2D eigenvalue weighted by molar-refractivity contribution is 7.88. The molecule has 2 aromatic carbocycles. The number of nitrogens with one attached hydrogen (secondary N) is 1. The van der Waals surface area contributed by atoms with Crippen LogP contribution in [-0.4, -0.2) is 32.8 Å². The van der Waals surface area contributed by atoms with E-state index in [2.05, 4.69) is 25.5 Å². The van der Waals surface area contributed by atoms with E-state index in [4.69, 9.17) is 4.74 Å². The van der Waals surface area contributed by atoms with Crippen LogP contribution in [0.1, 0.15) is 31.9 Å². The average molecular weight is 378 g/mol. The van der Waals surface area contributed by atoms with Crippen molar-refractivity contribution in [2.24, 2.45) is 0 Å². The van der Waals surface area contributed by atoms with E-state index in [-0.39, 0.29) is 24.3 Å². The summed E-state index contributed by atoms with van der Waals surface area (Å²) < 4.78 is 32.0. The molecule has 0 radical (unpaired) electrons. The van der Waals surface area contributed by atoms with Crippen LogP contribution in [0.15, 0.2) is 54.6 Å². The van der Waals surface area contributed by atoms with Crippen molar-refractivity contribution in [3.8, 4) is 5.75 Å². The number of benzene rings is 2. The van der Waals surface area contributed by atoms with Crippen molar-refractivity contribution in [3.63, 3.8) is 0 Å². The average Bonchev–Trinajstić information content (AvgIpc) is 2.58. The Balaban J connectivity index is 1.79. The van der Waals surface area contributed by atoms with Crippen molar-refractivity contribution in [2.45, 2.75) is 38.0 Å². The van der Waals surface area contributed by atoms with Gasteiger partial charge in [-0.1, -0.05) is 63.2 Å². The molecule has 0 amide bonds. The summed E-state index contributed by atoms with van der Waals surface area (Å²) in [5, 5.41) is 9.97. The maximum Gasteiger partial charge on any atom is 0.215 e. The van der Waals surface area contributed by atoms with Crippen molar-refractivity contribution in [1.29, 1.82) is 0 Å². The van der Waals surface area contributed by atoms with Gasteiger partial charge in [-0.15, -0.1) is 0 Å². The van der Waals surface area contributed by atoms with E-state index in [0.717, 1.165) is 0 Å². The lowest BCUT2D eigenvalue weighted by Gasteiger charge is -2.19. The number of ether oxygens (including phenoxy) is 1. The van der Waals surface area contributed by atoms with Gasteiger partial charge in [0, 0.05) is 6.54 Å². The van der Waals surface area contributed by atoms with Crippen LogP contribution in [0.2, 0.25) is 0 Å². The molecule has 5 nitrogen and oxygen atoms in total. The van der Waals surface area contributed by atoms with Crippen LogP contribution in [0.5, 0.6) is 5.75 Å². The first-order chi connectivity index (χ1) is 12.2. The summed E-state index contributed by atoms with van der Waals surface area (Å²) in [6, 6.07) is 16.6. The molecule has 0 aliphatic carbocycles. The second-order valence-electron chi connectivity index (χ2n) is 7.33. The van der Waals surface area contributed by atoms with E-state index in [9.17, 15) is 13.5 Å². The Morgan fingerprint density at radius 3 is 2.23 bits per heavy atom. The van der Waals surface area contributed by atoms with Crippen molar-refractivity contribution >= 4 is 10.0 Å². The van der Waals surface area contributed by atoms with Gasteiger partial charge in [-0.3, -0.25) is 0 Å². The quantitative estimate of drug-likeness (QED) is 0.742. The normalized spacial score (nSPS) is 13.4. The molecule has 142 valence electrons. The number of rotatable bonds is 8. The summed E-state index contributed by atoms with van der Waals surface area (Å²) in [4.78, 5) is 0. The molecule has 1 unspecified atom stereocenters. The summed E-state index contributed by atoms with van der Waals surface area (Å²) in [5.74, 6) is 0.527. The topological polar surface area (TPSA) is 75.6 Å². The minimum absolute atomic E-state index is 0.0166. The third-order valence-electron chi connectivity index (χ3n) is 3.90. The molecule has 0 spiro atoms. The van der Waals surface area contributed by atoms with Crippen LogP contribution in [0, 0.1) is 0 Å². The zero-order chi connectivity index (χ0) is 19.2. The SMILES string of the molecule is CC(C)(C)c1ccc(OCC(O)CNS(=O)(=O)Cc2ccccc2)cc1. The van der Waals surface area contributed by atoms with Gasteiger partial charge in [0.05, 0.1) is 5.75 Å². The Hall–Kier alpha value is -1.89. The zero-order valence-corrected chi connectivity index (χ0v) is 16.3. The molecule has 0 aromatic heterocycles.